The van der Waals surface area contributed by atoms with Crippen LogP contribution in [0.5, 0.6) is 0 Å². The van der Waals surface area contributed by atoms with Crippen LogP contribution in [0.15, 0.2) is 140 Å². The first kappa shape index (κ1) is 21.2. The van der Waals surface area contributed by atoms with Gasteiger partial charge in [0.25, 0.3) is 0 Å². The summed E-state index contributed by atoms with van der Waals surface area (Å²) in [5.41, 5.74) is 22.5. The summed E-state index contributed by atoms with van der Waals surface area (Å²) in [5.74, 6) is 0. The predicted molar refractivity (Wildman–Crippen MR) is 158 cm³/mol. The van der Waals surface area contributed by atoms with E-state index in [1.54, 1.807) is 0 Å². The number of benzene rings is 6. The minimum absolute atomic E-state index is 0.415. The number of fused-ring (bicyclic) bond motifs is 10. The molecule has 38 heavy (non-hydrogen) atoms. The van der Waals surface area contributed by atoms with Gasteiger partial charge < -0.3 is 5.73 Å². The Bertz CT molecular complexity index is 1800. The molecule has 1 spiro atoms. The van der Waals surface area contributed by atoms with Gasteiger partial charge in [-0.2, -0.15) is 0 Å². The lowest BCUT2D eigenvalue weighted by molar-refractivity contribution is 0.796. The molecule has 2 aliphatic carbocycles. The van der Waals surface area contributed by atoms with Gasteiger partial charge in [-0.3, -0.25) is 0 Å². The molecule has 8 rings (SSSR count). The summed E-state index contributed by atoms with van der Waals surface area (Å²) in [7, 11) is 0. The quantitative estimate of drug-likeness (QED) is 0.244. The van der Waals surface area contributed by atoms with Crippen molar-refractivity contribution < 1.29 is 0 Å². The molecule has 6 aromatic carbocycles. The van der Waals surface area contributed by atoms with E-state index in [0.29, 0.717) is 0 Å². The fourth-order valence-corrected chi connectivity index (χ4v) is 6.98. The normalized spacial score (nSPS) is 13.6. The Morgan fingerprint density at radius 1 is 0.368 bits per heavy atom. The highest BCUT2D eigenvalue weighted by Crippen LogP contribution is 2.64. The summed E-state index contributed by atoms with van der Waals surface area (Å²) >= 11 is 0. The molecule has 0 heterocycles. The molecule has 0 aromatic heterocycles. The van der Waals surface area contributed by atoms with Gasteiger partial charge in [-0.1, -0.05) is 133 Å². The molecule has 0 atom stereocenters. The highest BCUT2D eigenvalue weighted by molar-refractivity contribution is 6.01. The predicted octanol–water partition coefficient (Wildman–Crippen LogP) is 8.95. The van der Waals surface area contributed by atoms with E-state index in [-0.39, 0.29) is 0 Å². The lowest BCUT2D eigenvalue weighted by Gasteiger charge is -2.32. The van der Waals surface area contributed by atoms with Crippen LogP contribution in [-0.2, 0) is 5.41 Å². The third kappa shape index (κ3) is 2.65. The van der Waals surface area contributed by atoms with Gasteiger partial charge in [0.1, 0.15) is 0 Å². The van der Waals surface area contributed by atoms with Gasteiger partial charge >= 0.3 is 0 Å². The molecule has 0 radical (unpaired) electrons. The fraction of sp³-hybridized carbons (Fsp3) is 0.0270. The fourth-order valence-electron chi connectivity index (χ4n) is 6.98. The highest BCUT2D eigenvalue weighted by Gasteiger charge is 2.52. The van der Waals surface area contributed by atoms with Crippen LogP contribution in [0.1, 0.15) is 22.3 Å². The minimum Gasteiger partial charge on any atom is -0.398 e. The second kappa shape index (κ2) is 7.81. The van der Waals surface area contributed by atoms with Gasteiger partial charge in [0.15, 0.2) is 0 Å². The van der Waals surface area contributed by atoms with Crippen molar-refractivity contribution in [1.29, 1.82) is 0 Å². The summed E-state index contributed by atoms with van der Waals surface area (Å²) in [6, 6.07) is 50.5. The molecule has 2 N–H and O–H groups in total. The van der Waals surface area contributed by atoms with Crippen LogP contribution in [-0.4, -0.2) is 0 Å². The second-order valence-corrected chi connectivity index (χ2v) is 10.3. The van der Waals surface area contributed by atoms with Crippen LogP contribution in [0.2, 0.25) is 0 Å². The Morgan fingerprint density at radius 2 is 0.816 bits per heavy atom. The van der Waals surface area contributed by atoms with Gasteiger partial charge in [0.2, 0.25) is 0 Å². The first-order chi connectivity index (χ1) is 18.8. The Balaban J connectivity index is 1.47. The van der Waals surface area contributed by atoms with Gasteiger partial charge in [-0.05, 0) is 67.3 Å². The number of nitrogens with two attached hydrogens (primary N) is 1. The van der Waals surface area contributed by atoms with Crippen LogP contribution in [0.3, 0.4) is 0 Å². The minimum atomic E-state index is -0.415. The van der Waals surface area contributed by atoms with Crippen molar-refractivity contribution in [2.24, 2.45) is 0 Å². The SMILES string of the molecule is Nc1ccc2c(c1-c1ccc(-c3ccccc3)cc1)C1(c3ccccc3-c3ccccc31)c1ccccc1-2. The van der Waals surface area contributed by atoms with Gasteiger partial charge in [-0.15, -0.1) is 0 Å². The topological polar surface area (TPSA) is 26.0 Å². The number of nitrogen functional groups attached to an aromatic ring is 1. The van der Waals surface area contributed by atoms with E-state index in [9.17, 15) is 0 Å². The maximum Gasteiger partial charge on any atom is 0.0732 e. The van der Waals surface area contributed by atoms with Crippen LogP contribution in [0, 0.1) is 0 Å². The smallest absolute Gasteiger partial charge is 0.0732 e. The maximum atomic E-state index is 6.90. The van der Waals surface area contributed by atoms with E-state index >= 15 is 0 Å². The van der Waals surface area contributed by atoms with E-state index in [1.807, 2.05) is 0 Å². The Morgan fingerprint density at radius 3 is 1.39 bits per heavy atom. The number of rotatable bonds is 2. The molecule has 0 bridgehead atoms. The van der Waals surface area contributed by atoms with Crippen molar-refractivity contribution in [3.8, 4) is 44.5 Å². The van der Waals surface area contributed by atoms with Gasteiger partial charge in [0.05, 0.1) is 5.41 Å². The maximum absolute atomic E-state index is 6.90. The molecule has 0 aliphatic heterocycles. The lowest BCUT2D eigenvalue weighted by Crippen LogP contribution is -2.27. The monoisotopic (exact) mass is 483 g/mol. The third-order valence-corrected chi connectivity index (χ3v) is 8.47. The number of hydrogen-bond donors (Lipinski definition) is 1. The molecule has 0 fully saturated rings. The van der Waals surface area contributed by atoms with Crippen LogP contribution < -0.4 is 5.73 Å². The average Bonchev–Trinajstić information content (AvgIpc) is 3.45. The molecular weight excluding hydrogens is 458 g/mol. The van der Waals surface area contributed by atoms with Crippen molar-refractivity contribution in [3.05, 3.63) is 162 Å². The summed E-state index contributed by atoms with van der Waals surface area (Å²) in [6.45, 7) is 0. The molecule has 0 saturated carbocycles. The molecule has 6 aromatic rings. The van der Waals surface area contributed by atoms with Crippen molar-refractivity contribution in [1.82, 2.24) is 0 Å². The van der Waals surface area contributed by atoms with Gasteiger partial charge in [0, 0.05) is 11.3 Å². The Labute approximate surface area is 222 Å². The third-order valence-electron chi connectivity index (χ3n) is 8.47. The van der Waals surface area contributed by atoms with Crippen LogP contribution in [0.25, 0.3) is 44.5 Å². The zero-order chi connectivity index (χ0) is 25.3. The number of anilines is 1. The lowest BCUT2D eigenvalue weighted by atomic mass is 9.68. The Kier molecular flexibility index (Phi) is 4.36. The Hall–Kier alpha value is -4.88. The summed E-state index contributed by atoms with van der Waals surface area (Å²) in [5, 5.41) is 0. The first-order valence-electron chi connectivity index (χ1n) is 13.2. The molecule has 1 nitrogen and oxygen atoms in total. The van der Waals surface area contributed by atoms with E-state index in [2.05, 4.69) is 140 Å². The second-order valence-electron chi connectivity index (χ2n) is 10.3. The van der Waals surface area contributed by atoms with E-state index in [0.717, 1.165) is 16.8 Å². The number of hydrogen-bond acceptors (Lipinski definition) is 1. The zero-order valence-electron chi connectivity index (χ0n) is 20.9. The summed E-state index contributed by atoms with van der Waals surface area (Å²) in [6.07, 6.45) is 0. The van der Waals surface area contributed by atoms with Crippen molar-refractivity contribution in [2.45, 2.75) is 5.41 Å². The summed E-state index contributed by atoms with van der Waals surface area (Å²) < 4.78 is 0. The van der Waals surface area contributed by atoms with Crippen molar-refractivity contribution in [3.63, 3.8) is 0 Å². The molecule has 178 valence electrons. The van der Waals surface area contributed by atoms with E-state index in [1.165, 1.54) is 55.6 Å². The highest BCUT2D eigenvalue weighted by atomic mass is 14.6. The first-order valence-corrected chi connectivity index (χ1v) is 13.2. The molecule has 0 saturated heterocycles. The van der Waals surface area contributed by atoms with Crippen molar-refractivity contribution >= 4 is 5.69 Å². The van der Waals surface area contributed by atoms with Crippen LogP contribution >= 0.6 is 0 Å². The van der Waals surface area contributed by atoms with E-state index < -0.39 is 5.41 Å². The largest absolute Gasteiger partial charge is 0.398 e. The standard InChI is InChI=1S/C37H25N/c38-34-23-22-30-29-14-6-9-17-33(29)37(31-15-7-4-12-27(31)28-13-5-8-16-32(28)37)36(30)35(34)26-20-18-25(19-21-26)24-10-2-1-3-11-24/h1-23H,38H2. The summed E-state index contributed by atoms with van der Waals surface area (Å²) in [4.78, 5) is 0. The average molecular weight is 484 g/mol. The van der Waals surface area contributed by atoms with E-state index in [4.69, 9.17) is 5.73 Å². The molecular formula is C37H25N. The van der Waals surface area contributed by atoms with Crippen molar-refractivity contribution in [2.75, 3.05) is 5.73 Å². The van der Waals surface area contributed by atoms with Crippen LogP contribution in [0.4, 0.5) is 5.69 Å². The molecule has 2 aliphatic rings. The molecule has 0 unspecified atom stereocenters. The molecule has 0 amide bonds. The zero-order valence-corrected chi connectivity index (χ0v) is 20.9. The molecule has 1 heteroatoms. The van der Waals surface area contributed by atoms with Gasteiger partial charge in [-0.25, -0.2) is 0 Å².